The summed E-state index contributed by atoms with van der Waals surface area (Å²) in [4.78, 5) is 12.4. The fourth-order valence-electron chi connectivity index (χ4n) is 2.45. The number of anilines is 1. The van der Waals surface area contributed by atoms with Gasteiger partial charge in [-0.3, -0.25) is 4.90 Å². The Labute approximate surface area is 114 Å². The van der Waals surface area contributed by atoms with E-state index in [1.54, 1.807) is 22.7 Å². The van der Waals surface area contributed by atoms with Gasteiger partial charge in [-0.25, -0.2) is 9.97 Å². The molecule has 0 radical (unpaired) electrons. The van der Waals surface area contributed by atoms with Crippen LogP contribution in [0.2, 0.25) is 0 Å². The minimum absolute atomic E-state index is 0.474. The van der Waals surface area contributed by atoms with Gasteiger partial charge in [-0.15, -0.1) is 22.7 Å². The number of likely N-dealkylation sites (tertiary alicyclic amines) is 1. The van der Waals surface area contributed by atoms with Gasteiger partial charge in [-0.05, 0) is 19.4 Å². The van der Waals surface area contributed by atoms with E-state index in [4.69, 9.17) is 5.73 Å². The van der Waals surface area contributed by atoms with E-state index >= 15 is 0 Å². The van der Waals surface area contributed by atoms with Crippen LogP contribution >= 0.6 is 22.7 Å². The summed E-state index contributed by atoms with van der Waals surface area (Å²) < 4.78 is 0. The summed E-state index contributed by atoms with van der Waals surface area (Å²) in [7, 11) is 0. The lowest BCUT2D eigenvalue weighted by Crippen LogP contribution is -2.32. The van der Waals surface area contributed by atoms with E-state index in [0.29, 0.717) is 11.2 Å². The second-order valence-corrected chi connectivity index (χ2v) is 6.59. The highest BCUT2D eigenvalue weighted by molar-refractivity contribution is 7.15. The Morgan fingerprint density at radius 3 is 3.06 bits per heavy atom. The van der Waals surface area contributed by atoms with Gasteiger partial charge in [0.05, 0.1) is 6.04 Å². The van der Waals surface area contributed by atoms with Crippen LogP contribution in [0.3, 0.4) is 0 Å². The molecule has 4 nitrogen and oxygen atoms in total. The smallest absolute Gasteiger partial charge is 0.180 e. The molecule has 2 aromatic heterocycles. The molecular weight excluding hydrogens is 264 g/mol. The first-order valence-electron chi connectivity index (χ1n) is 6.16. The van der Waals surface area contributed by atoms with Crippen LogP contribution < -0.4 is 5.73 Å². The summed E-state index contributed by atoms with van der Waals surface area (Å²) in [5, 5.41) is 3.97. The van der Waals surface area contributed by atoms with Crippen LogP contribution in [0.15, 0.2) is 17.8 Å². The molecule has 1 saturated heterocycles. The average Bonchev–Trinajstić information content (AvgIpc) is 3.02. The van der Waals surface area contributed by atoms with E-state index in [2.05, 4.69) is 20.2 Å². The Hall–Kier alpha value is -0.980. The molecule has 0 bridgehead atoms. The van der Waals surface area contributed by atoms with Crippen LogP contribution in [0.1, 0.15) is 35.2 Å². The Bertz CT molecular complexity index is 494. The van der Waals surface area contributed by atoms with Crippen molar-refractivity contribution >= 4 is 27.8 Å². The molecule has 0 amide bonds. The number of nitrogen functional groups attached to an aromatic ring is 1. The standard InChI is InChI=1S/C12H16N4S2/c13-12-15-7-9(18-12)8-16-5-2-1-3-10(16)11-14-4-6-17-11/h4,6-7,10H,1-3,5,8H2,(H2,13,15). The molecule has 1 fully saturated rings. The Morgan fingerprint density at radius 1 is 1.39 bits per heavy atom. The average molecular weight is 280 g/mol. The molecule has 18 heavy (non-hydrogen) atoms. The largest absolute Gasteiger partial charge is 0.375 e. The van der Waals surface area contributed by atoms with Gasteiger partial charge in [-0.2, -0.15) is 0 Å². The second kappa shape index (κ2) is 5.34. The number of hydrogen-bond donors (Lipinski definition) is 1. The normalized spacial score (nSPS) is 21.2. The molecule has 3 rings (SSSR count). The fraction of sp³-hybridized carbons (Fsp3) is 0.500. The van der Waals surface area contributed by atoms with Crippen molar-refractivity contribution < 1.29 is 0 Å². The summed E-state index contributed by atoms with van der Waals surface area (Å²) in [6.07, 6.45) is 7.58. The summed E-state index contributed by atoms with van der Waals surface area (Å²) in [6.45, 7) is 2.08. The zero-order valence-corrected chi connectivity index (χ0v) is 11.7. The first-order valence-corrected chi connectivity index (χ1v) is 7.86. The number of nitrogens with zero attached hydrogens (tertiary/aromatic N) is 3. The van der Waals surface area contributed by atoms with Crippen molar-refractivity contribution in [3.8, 4) is 0 Å². The second-order valence-electron chi connectivity index (χ2n) is 4.52. The van der Waals surface area contributed by atoms with Gasteiger partial charge in [0.15, 0.2) is 5.13 Å². The highest BCUT2D eigenvalue weighted by Crippen LogP contribution is 2.33. The third-order valence-corrected chi connectivity index (χ3v) is 4.97. The zero-order chi connectivity index (χ0) is 12.4. The zero-order valence-electron chi connectivity index (χ0n) is 10.1. The lowest BCUT2D eigenvalue weighted by atomic mass is 10.0. The van der Waals surface area contributed by atoms with E-state index in [0.717, 1.165) is 13.1 Å². The highest BCUT2D eigenvalue weighted by atomic mass is 32.1. The Morgan fingerprint density at radius 2 is 2.33 bits per heavy atom. The van der Waals surface area contributed by atoms with Gasteiger partial charge < -0.3 is 5.73 Å². The fourth-order valence-corrected chi connectivity index (χ4v) is 3.97. The first-order chi connectivity index (χ1) is 8.83. The molecule has 0 saturated carbocycles. The molecule has 96 valence electrons. The maximum absolute atomic E-state index is 5.69. The topological polar surface area (TPSA) is 55.0 Å². The van der Waals surface area contributed by atoms with Crippen molar-refractivity contribution in [3.63, 3.8) is 0 Å². The molecule has 2 aromatic rings. The predicted octanol–water partition coefficient (Wildman–Crippen LogP) is 2.91. The highest BCUT2D eigenvalue weighted by Gasteiger charge is 2.26. The molecule has 6 heteroatoms. The van der Waals surface area contributed by atoms with E-state index in [1.807, 2.05) is 12.4 Å². The lowest BCUT2D eigenvalue weighted by Gasteiger charge is -2.33. The van der Waals surface area contributed by atoms with E-state index in [9.17, 15) is 0 Å². The number of nitrogens with two attached hydrogens (primary N) is 1. The molecule has 0 spiro atoms. The number of thiazole rings is 2. The molecule has 1 unspecified atom stereocenters. The monoisotopic (exact) mass is 280 g/mol. The number of piperidine rings is 1. The van der Waals surface area contributed by atoms with Crippen LogP contribution in [0.4, 0.5) is 5.13 Å². The van der Waals surface area contributed by atoms with Crippen LogP contribution in [-0.2, 0) is 6.54 Å². The van der Waals surface area contributed by atoms with Crippen molar-refractivity contribution in [1.82, 2.24) is 14.9 Å². The third kappa shape index (κ3) is 2.55. The first kappa shape index (κ1) is 12.1. The number of rotatable bonds is 3. The van der Waals surface area contributed by atoms with Crippen LogP contribution in [0.25, 0.3) is 0 Å². The molecule has 1 aliphatic heterocycles. The van der Waals surface area contributed by atoms with Gasteiger partial charge in [0.2, 0.25) is 0 Å². The molecule has 1 aliphatic rings. The van der Waals surface area contributed by atoms with E-state index in [1.165, 1.54) is 29.1 Å². The molecule has 2 N–H and O–H groups in total. The van der Waals surface area contributed by atoms with Crippen LogP contribution in [0.5, 0.6) is 0 Å². The van der Waals surface area contributed by atoms with E-state index in [-0.39, 0.29) is 0 Å². The minimum atomic E-state index is 0.474. The van der Waals surface area contributed by atoms with Crippen LogP contribution in [0, 0.1) is 0 Å². The van der Waals surface area contributed by atoms with Crippen molar-refractivity contribution in [2.75, 3.05) is 12.3 Å². The van der Waals surface area contributed by atoms with Gasteiger partial charge in [0.25, 0.3) is 0 Å². The van der Waals surface area contributed by atoms with E-state index < -0.39 is 0 Å². The third-order valence-electron chi connectivity index (χ3n) is 3.28. The molecule has 3 heterocycles. The summed E-state index contributed by atoms with van der Waals surface area (Å²) >= 11 is 3.35. The molecule has 0 aromatic carbocycles. The summed E-state index contributed by atoms with van der Waals surface area (Å²) in [5.74, 6) is 0. The lowest BCUT2D eigenvalue weighted by molar-refractivity contribution is 0.141. The number of aromatic nitrogens is 2. The predicted molar refractivity (Wildman–Crippen MR) is 75.6 cm³/mol. The van der Waals surface area contributed by atoms with Crippen molar-refractivity contribution in [3.05, 3.63) is 27.7 Å². The quantitative estimate of drug-likeness (QED) is 0.939. The van der Waals surface area contributed by atoms with Gasteiger partial charge in [0, 0.05) is 29.2 Å². The minimum Gasteiger partial charge on any atom is -0.375 e. The van der Waals surface area contributed by atoms with Crippen molar-refractivity contribution in [2.24, 2.45) is 0 Å². The van der Waals surface area contributed by atoms with Crippen molar-refractivity contribution in [2.45, 2.75) is 31.8 Å². The van der Waals surface area contributed by atoms with Gasteiger partial charge in [0.1, 0.15) is 5.01 Å². The maximum atomic E-state index is 5.69. The Balaban J connectivity index is 1.76. The maximum Gasteiger partial charge on any atom is 0.180 e. The molecule has 0 aliphatic carbocycles. The molecular formula is C12H16N4S2. The molecule has 1 atom stereocenters. The summed E-state index contributed by atoms with van der Waals surface area (Å²) in [6, 6.07) is 0.474. The van der Waals surface area contributed by atoms with Gasteiger partial charge >= 0.3 is 0 Å². The van der Waals surface area contributed by atoms with Gasteiger partial charge in [-0.1, -0.05) is 6.42 Å². The Kier molecular flexibility index (Phi) is 3.58. The van der Waals surface area contributed by atoms with Crippen molar-refractivity contribution in [1.29, 1.82) is 0 Å². The SMILES string of the molecule is Nc1ncc(CN2CCCCC2c2nccs2)s1. The number of hydrogen-bond acceptors (Lipinski definition) is 6. The summed E-state index contributed by atoms with van der Waals surface area (Å²) in [5.41, 5.74) is 5.69. The van der Waals surface area contributed by atoms with Crippen LogP contribution in [-0.4, -0.2) is 21.4 Å².